The van der Waals surface area contributed by atoms with Crippen LogP contribution in [0.1, 0.15) is 32.7 Å². The number of ether oxygens (including phenoxy) is 2. The van der Waals surface area contributed by atoms with E-state index in [-0.39, 0.29) is 23.3 Å². The molecular weight excluding hydrogens is 436 g/mol. The van der Waals surface area contributed by atoms with Crippen molar-refractivity contribution in [2.45, 2.75) is 19.4 Å². The lowest BCUT2D eigenvalue weighted by Gasteiger charge is -2.25. The van der Waals surface area contributed by atoms with Gasteiger partial charge in [-0.1, -0.05) is 12.1 Å². The molecule has 9 nitrogen and oxygen atoms in total. The minimum Gasteiger partial charge on any atom is -0.493 e. The monoisotopic (exact) mass is 460 g/mol. The summed E-state index contributed by atoms with van der Waals surface area (Å²) in [4.78, 5) is 39.9. The molecule has 32 heavy (non-hydrogen) atoms. The fourth-order valence-corrected chi connectivity index (χ4v) is 4.18. The highest BCUT2D eigenvalue weighted by atomic mass is 32.2. The molecule has 0 saturated carbocycles. The third kappa shape index (κ3) is 4.59. The van der Waals surface area contributed by atoms with Crippen LogP contribution in [0.15, 0.2) is 36.4 Å². The number of carbonyl (C=O) groups is 3. The van der Waals surface area contributed by atoms with Crippen molar-refractivity contribution in [2.75, 3.05) is 31.5 Å². The van der Waals surface area contributed by atoms with E-state index >= 15 is 0 Å². The second-order valence-corrected chi connectivity index (χ2v) is 9.73. The zero-order valence-corrected chi connectivity index (χ0v) is 19.0. The van der Waals surface area contributed by atoms with Crippen LogP contribution in [0.5, 0.6) is 11.5 Å². The van der Waals surface area contributed by atoms with E-state index in [1.807, 2.05) is 0 Å². The average molecular weight is 461 g/mol. The van der Waals surface area contributed by atoms with Gasteiger partial charge >= 0.3 is 0 Å². The van der Waals surface area contributed by atoms with Crippen LogP contribution in [0.4, 0.5) is 5.69 Å². The number of anilines is 1. The van der Waals surface area contributed by atoms with Gasteiger partial charge in [0.1, 0.15) is 15.9 Å². The van der Waals surface area contributed by atoms with E-state index in [9.17, 15) is 22.8 Å². The molecular formula is C22H24N2O7S. The highest BCUT2D eigenvalue weighted by Gasteiger charge is 2.42. The number of aryl methyl sites for hydroxylation is 1. The first-order valence-electron chi connectivity index (χ1n) is 9.75. The van der Waals surface area contributed by atoms with Crippen molar-refractivity contribution >= 4 is 33.2 Å². The molecule has 1 aliphatic rings. The van der Waals surface area contributed by atoms with E-state index in [2.05, 4.69) is 5.32 Å². The second-order valence-electron chi connectivity index (χ2n) is 7.47. The summed E-state index contributed by atoms with van der Waals surface area (Å²) >= 11 is 0. The summed E-state index contributed by atoms with van der Waals surface area (Å²) in [5, 5.41) is 2.70. The fraction of sp³-hybridized carbons (Fsp3) is 0.318. The summed E-state index contributed by atoms with van der Waals surface area (Å²) in [5.74, 6) is -1.48. The number of fused-ring (bicyclic) bond motifs is 1. The number of methoxy groups -OCH3 is 2. The molecule has 2 aromatic carbocycles. The molecule has 0 aliphatic carbocycles. The van der Waals surface area contributed by atoms with Crippen LogP contribution in [0.3, 0.4) is 0 Å². The SMILES string of the molecule is COc1cc(C)c(NC(=O)[C@H](CCS(C)(=O)=O)N2C(=O)c3ccccc3C2=O)cc1OC. The molecule has 0 bridgehead atoms. The van der Waals surface area contributed by atoms with Crippen LogP contribution < -0.4 is 14.8 Å². The first-order chi connectivity index (χ1) is 15.1. The molecule has 1 atom stereocenters. The highest BCUT2D eigenvalue weighted by Crippen LogP contribution is 2.33. The van der Waals surface area contributed by atoms with Crippen molar-refractivity contribution in [3.8, 4) is 11.5 Å². The minimum absolute atomic E-state index is 0.178. The predicted molar refractivity (Wildman–Crippen MR) is 118 cm³/mol. The summed E-state index contributed by atoms with van der Waals surface area (Å²) < 4.78 is 34.1. The Morgan fingerprint density at radius 3 is 2.06 bits per heavy atom. The number of nitrogens with zero attached hydrogens (tertiary/aromatic N) is 1. The third-order valence-corrected chi connectivity index (χ3v) is 6.17. The van der Waals surface area contributed by atoms with Gasteiger partial charge in [-0.3, -0.25) is 19.3 Å². The molecule has 0 unspecified atom stereocenters. The summed E-state index contributed by atoms with van der Waals surface area (Å²) in [6.07, 6.45) is 0.797. The summed E-state index contributed by atoms with van der Waals surface area (Å²) in [5.41, 5.74) is 1.39. The molecule has 3 rings (SSSR count). The Kier molecular flexibility index (Phi) is 6.54. The summed E-state index contributed by atoms with van der Waals surface area (Å²) in [7, 11) is -0.515. The zero-order chi connectivity index (χ0) is 23.6. The Balaban J connectivity index is 1.96. The highest BCUT2D eigenvalue weighted by molar-refractivity contribution is 7.90. The Hall–Kier alpha value is -3.40. The van der Waals surface area contributed by atoms with E-state index in [1.165, 1.54) is 26.4 Å². The second kappa shape index (κ2) is 8.99. The van der Waals surface area contributed by atoms with Gasteiger partial charge < -0.3 is 14.8 Å². The standard InChI is InChI=1S/C22H24N2O7S/c1-13-11-18(30-2)19(31-3)12-16(13)23-20(25)17(9-10-32(4,28)29)24-21(26)14-7-5-6-8-15(14)22(24)27/h5-8,11-12,17H,9-10H2,1-4H3,(H,23,25)/t17-/m0/s1. The molecule has 2 aromatic rings. The molecule has 1 N–H and O–H groups in total. The van der Waals surface area contributed by atoms with Crippen molar-refractivity contribution in [1.82, 2.24) is 4.90 Å². The number of imide groups is 1. The predicted octanol–water partition coefficient (Wildman–Crippen LogP) is 2.05. The zero-order valence-electron chi connectivity index (χ0n) is 18.2. The molecule has 0 saturated heterocycles. The maximum Gasteiger partial charge on any atom is 0.262 e. The normalized spacial score (nSPS) is 14.2. The Labute approximate surface area is 186 Å². The lowest BCUT2D eigenvalue weighted by Crippen LogP contribution is -2.48. The molecule has 3 amide bonds. The number of rotatable bonds is 8. The fourth-order valence-electron chi connectivity index (χ4n) is 3.53. The van der Waals surface area contributed by atoms with Crippen molar-refractivity contribution in [3.05, 3.63) is 53.1 Å². The van der Waals surface area contributed by atoms with Crippen LogP contribution in [0, 0.1) is 6.92 Å². The van der Waals surface area contributed by atoms with Crippen LogP contribution in [0.2, 0.25) is 0 Å². The van der Waals surface area contributed by atoms with Crippen LogP contribution in [-0.2, 0) is 14.6 Å². The molecule has 10 heteroatoms. The maximum atomic E-state index is 13.2. The van der Waals surface area contributed by atoms with E-state index < -0.39 is 33.6 Å². The van der Waals surface area contributed by atoms with Gasteiger partial charge in [-0.15, -0.1) is 0 Å². The van der Waals surface area contributed by atoms with Crippen molar-refractivity contribution in [3.63, 3.8) is 0 Å². The topological polar surface area (TPSA) is 119 Å². The van der Waals surface area contributed by atoms with Gasteiger partial charge in [-0.2, -0.15) is 0 Å². The molecule has 170 valence electrons. The number of benzene rings is 2. The third-order valence-electron chi connectivity index (χ3n) is 5.19. The van der Waals surface area contributed by atoms with Gasteiger partial charge in [0, 0.05) is 18.0 Å². The van der Waals surface area contributed by atoms with Gasteiger partial charge in [0.2, 0.25) is 5.91 Å². The molecule has 0 radical (unpaired) electrons. The van der Waals surface area contributed by atoms with E-state index in [4.69, 9.17) is 9.47 Å². The number of hydrogen-bond acceptors (Lipinski definition) is 7. The van der Waals surface area contributed by atoms with Gasteiger partial charge in [0.05, 0.1) is 31.1 Å². The van der Waals surface area contributed by atoms with Crippen molar-refractivity contribution in [2.24, 2.45) is 0 Å². The molecule has 1 heterocycles. The number of nitrogens with one attached hydrogen (secondary N) is 1. The molecule has 0 spiro atoms. The lowest BCUT2D eigenvalue weighted by molar-refractivity contribution is -0.120. The largest absolute Gasteiger partial charge is 0.493 e. The first-order valence-corrected chi connectivity index (χ1v) is 11.8. The summed E-state index contributed by atoms with van der Waals surface area (Å²) in [6.45, 7) is 1.74. The first kappa shape index (κ1) is 23.3. The van der Waals surface area contributed by atoms with E-state index in [0.717, 1.165) is 11.2 Å². The number of amides is 3. The maximum absolute atomic E-state index is 13.2. The smallest absolute Gasteiger partial charge is 0.262 e. The van der Waals surface area contributed by atoms with Gasteiger partial charge in [-0.05, 0) is 37.1 Å². The van der Waals surface area contributed by atoms with Crippen LogP contribution in [-0.4, -0.2) is 63.3 Å². The van der Waals surface area contributed by atoms with Crippen LogP contribution in [0.25, 0.3) is 0 Å². The van der Waals surface area contributed by atoms with Crippen LogP contribution >= 0.6 is 0 Å². The van der Waals surface area contributed by atoms with Crippen molar-refractivity contribution < 1.29 is 32.3 Å². The quantitative estimate of drug-likeness (QED) is 0.599. The van der Waals surface area contributed by atoms with E-state index in [1.54, 1.807) is 31.2 Å². The number of carbonyl (C=O) groups excluding carboxylic acids is 3. The Morgan fingerprint density at radius 2 is 1.56 bits per heavy atom. The minimum atomic E-state index is -3.45. The number of hydrogen-bond donors (Lipinski definition) is 1. The molecule has 1 aliphatic heterocycles. The van der Waals surface area contributed by atoms with Crippen molar-refractivity contribution in [1.29, 1.82) is 0 Å². The summed E-state index contributed by atoms with van der Waals surface area (Å²) in [6, 6.07) is 8.14. The van der Waals surface area contributed by atoms with E-state index in [0.29, 0.717) is 22.7 Å². The number of sulfone groups is 1. The van der Waals surface area contributed by atoms with Gasteiger partial charge in [0.25, 0.3) is 11.8 Å². The van der Waals surface area contributed by atoms with Gasteiger partial charge in [-0.25, -0.2) is 8.42 Å². The Bertz CT molecular complexity index is 1160. The molecule has 0 aromatic heterocycles. The lowest BCUT2D eigenvalue weighted by atomic mass is 10.1. The Morgan fingerprint density at radius 1 is 1.03 bits per heavy atom. The average Bonchev–Trinajstić information content (AvgIpc) is 2.99. The van der Waals surface area contributed by atoms with Gasteiger partial charge in [0.15, 0.2) is 11.5 Å². The molecule has 0 fully saturated rings.